The first-order valence-corrected chi connectivity index (χ1v) is 5.12. The molecule has 0 bridgehead atoms. The number of aryl methyl sites for hydroxylation is 2. The zero-order valence-corrected chi connectivity index (χ0v) is 9.40. The minimum atomic E-state index is -0.0668. The van der Waals surface area contributed by atoms with E-state index >= 15 is 0 Å². The fourth-order valence-corrected chi connectivity index (χ4v) is 1.43. The van der Waals surface area contributed by atoms with Crippen molar-refractivity contribution in [2.24, 2.45) is 7.05 Å². The van der Waals surface area contributed by atoms with Crippen LogP contribution >= 0.6 is 0 Å². The number of nitrogens with zero attached hydrogens (tertiary/aromatic N) is 2. The normalized spacial score (nSPS) is 10.7. The summed E-state index contributed by atoms with van der Waals surface area (Å²) in [6.45, 7) is 2.49. The molecule has 0 amide bonds. The maximum Gasteiger partial charge on any atom is 0.148 e. The first-order chi connectivity index (χ1) is 7.69. The molecule has 16 heavy (non-hydrogen) atoms. The molecule has 0 aliphatic heterocycles. The summed E-state index contributed by atoms with van der Waals surface area (Å²) in [7, 11) is 1.90. The van der Waals surface area contributed by atoms with Gasteiger partial charge >= 0.3 is 0 Å². The van der Waals surface area contributed by atoms with Crippen molar-refractivity contribution in [3.05, 3.63) is 35.4 Å². The molecule has 2 aromatic heterocycles. The number of hydrogen-bond donors (Lipinski definition) is 2. The first kappa shape index (κ1) is 10.8. The van der Waals surface area contributed by atoms with Crippen LogP contribution in [0, 0.1) is 6.92 Å². The highest BCUT2D eigenvalue weighted by atomic mass is 16.4. The van der Waals surface area contributed by atoms with E-state index < -0.39 is 0 Å². The SMILES string of the molecule is Cc1cc(NCc2ccc(CO)o2)nn1C. The average molecular weight is 221 g/mol. The van der Waals surface area contributed by atoms with Gasteiger partial charge in [-0.25, -0.2) is 0 Å². The van der Waals surface area contributed by atoms with E-state index in [1.165, 1.54) is 0 Å². The van der Waals surface area contributed by atoms with Gasteiger partial charge in [0, 0.05) is 18.8 Å². The monoisotopic (exact) mass is 221 g/mol. The Bertz CT molecular complexity index is 454. The third-order valence-corrected chi connectivity index (χ3v) is 2.43. The molecule has 0 saturated heterocycles. The number of nitrogens with one attached hydrogen (secondary N) is 1. The Labute approximate surface area is 93.7 Å². The molecule has 0 spiro atoms. The maximum atomic E-state index is 8.85. The van der Waals surface area contributed by atoms with Gasteiger partial charge in [-0.1, -0.05) is 0 Å². The van der Waals surface area contributed by atoms with Crippen LogP contribution < -0.4 is 5.32 Å². The predicted octanol–water partition coefficient (Wildman–Crippen LogP) is 1.43. The molecule has 0 unspecified atom stereocenters. The highest BCUT2D eigenvalue weighted by Gasteiger charge is 2.03. The van der Waals surface area contributed by atoms with Crippen LogP contribution in [0.1, 0.15) is 17.2 Å². The second-order valence-electron chi connectivity index (χ2n) is 3.67. The number of hydrogen-bond acceptors (Lipinski definition) is 4. The minimum absolute atomic E-state index is 0.0668. The third kappa shape index (κ3) is 2.25. The molecule has 0 aromatic carbocycles. The van der Waals surface area contributed by atoms with E-state index in [1.54, 1.807) is 6.07 Å². The van der Waals surface area contributed by atoms with Crippen LogP contribution in [0.25, 0.3) is 0 Å². The van der Waals surface area contributed by atoms with Gasteiger partial charge in [0.2, 0.25) is 0 Å². The van der Waals surface area contributed by atoms with Crippen molar-refractivity contribution >= 4 is 5.82 Å². The molecular formula is C11H15N3O2. The topological polar surface area (TPSA) is 63.2 Å². The summed E-state index contributed by atoms with van der Waals surface area (Å²) >= 11 is 0. The Morgan fingerprint density at radius 2 is 2.19 bits per heavy atom. The van der Waals surface area contributed by atoms with Gasteiger partial charge in [0.25, 0.3) is 0 Å². The summed E-state index contributed by atoms with van der Waals surface area (Å²) in [5, 5.41) is 16.3. The predicted molar refractivity (Wildman–Crippen MR) is 59.9 cm³/mol. The van der Waals surface area contributed by atoms with E-state index in [0.717, 1.165) is 17.3 Å². The summed E-state index contributed by atoms with van der Waals surface area (Å²) in [5.74, 6) is 2.18. The van der Waals surface area contributed by atoms with E-state index in [0.29, 0.717) is 12.3 Å². The van der Waals surface area contributed by atoms with Crippen LogP contribution in [0.5, 0.6) is 0 Å². The van der Waals surface area contributed by atoms with Crippen molar-refractivity contribution in [1.82, 2.24) is 9.78 Å². The lowest BCUT2D eigenvalue weighted by Crippen LogP contribution is -1.99. The smallest absolute Gasteiger partial charge is 0.148 e. The Morgan fingerprint density at radius 1 is 1.44 bits per heavy atom. The summed E-state index contributed by atoms with van der Waals surface area (Å²) in [6, 6.07) is 5.57. The molecule has 0 radical (unpaired) electrons. The second kappa shape index (κ2) is 4.40. The number of aliphatic hydroxyl groups excluding tert-OH is 1. The van der Waals surface area contributed by atoms with E-state index in [9.17, 15) is 0 Å². The van der Waals surface area contributed by atoms with Crippen LogP contribution in [0.2, 0.25) is 0 Å². The third-order valence-electron chi connectivity index (χ3n) is 2.43. The Morgan fingerprint density at radius 3 is 2.75 bits per heavy atom. The number of aromatic nitrogens is 2. The van der Waals surface area contributed by atoms with Crippen LogP contribution in [0.3, 0.4) is 0 Å². The van der Waals surface area contributed by atoms with Crippen molar-refractivity contribution in [2.75, 3.05) is 5.32 Å². The van der Waals surface area contributed by atoms with Crippen molar-refractivity contribution in [3.63, 3.8) is 0 Å². The van der Waals surface area contributed by atoms with Crippen LogP contribution in [0.15, 0.2) is 22.6 Å². The molecule has 0 fully saturated rings. The van der Waals surface area contributed by atoms with Crippen molar-refractivity contribution in [2.45, 2.75) is 20.1 Å². The van der Waals surface area contributed by atoms with Gasteiger partial charge in [0.15, 0.2) is 0 Å². The number of furan rings is 1. The Balaban J connectivity index is 1.96. The van der Waals surface area contributed by atoms with E-state index in [1.807, 2.05) is 30.8 Å². The van der Waals surface area contributed by atoms with Gasteiger partial charge in [-0.2, -0.15) is 5.10 Å². The van der Waals surface area contributed by atoms with Crippen molar-refractivity contribution in [3.8, 4) is 0 Å². The van der Waals surface area contributed by atoms with E-state index in [4.69, 9.17) is 9.52 Å². The zero-order chi connectivity index (χ0) is 11.5. The Hall–Kier alpha value is -1.75. The molecule has 5 nitrogen and oxygen atoms in total. The summed E-state index contributed by atoms with van der Waals surface area (Å²) in [5.41, 5.74) is 1.10. The van der Waals surface area contributed by atoms with Gasteiger partial charge in [0.1, 0.15) is 23.9 Å². The largest absolute Gasteiger partial charge is 0.462 e. The molecule has 0 atom stereocenters. The lowest BCUT2D eigenvalue weighted by molar-refractivity contribution is 0.244. The molecule has 0 saturated carbocycles. The Kier molecular flexibility index (Phi) is 2.96. The molecule has 0 aliphatic rings. The fraction of sp³-hybridized carbons (Fsp3) is 0.364. The number of anilines is 1. The molecular weight excluding hydrogens is 206 g/mol. The highest BCUT2D eigenvalue weighted by molar-refractivity contribution is 5.35. The lowest BCUT2D eigenvalue weighted by atomic mass is 10.4. The molecule has 2 N–H and O–H groups in total. The summed E-state index contributed by atoms with van der Waals surface area (Å²) in [6.07, 6.45) is 0. The van der Waals surface area contributed by atoms with Gasteiger partial charge in [0.05, 0.1) is 6.54 Å². The van der Waals surface area contributed by atoms with Crippen molar-refractivity contribution in [1.29, 1.82) is 0 Å². The average Bonchev–Trinajstić information content (AvgIpc) is 2.84. The van der Waals surface area contributed by atoms with Crippen LogP contribution in [-0.2, 0) is 20.2 Å². The summed E-state index contributed by atoms with van der Waals surface area (Å²) < 4.78 is 7.15. The molecule has 2 heterocycles. The summed E-state index contributed by atoms with van der Waals surface area (Å²) in [4.78, 5) is 0. The van der Waals surface area contributed by atoms with Gasteiger partial charge in [-0.3, -0.25) is 4.68 Å². The molecule has 5 heteroatoms. The zero-order valence-electron chi connectivity index (χ0n) is 9.40. The standard InChI is InChI=1S/C11H15N3O2/c1-8-5-11(13-14(8)2)12-6-9-3-4-10(7-15)16-9/h3-5,15H,6-7H2,1-2H3,(H,12,13). The van der Waals surface area contributed by atoms with Crippen LogP contribution in [-0.4, -0.2) is 14.9 Å². The van der Waals surface area contributed by atoms with Gasteiger partial charge in [-0.05, 0) is 19.1 Å². The van der Waals surface area contributed by atoms with Gasteiger partial charge in [-0.15, -0.1) is 0 Å². The number of rotatable bonds is 4. The fourth-order valence-electron chi connectivity index (χ4n) is 1.43. The van der Waals surface area contributed by atoms with Crippen LogP contribution in [0.4, 0.5) is 5.82 Å². The quantitative estimate of drug-likeness (QED) is 0.819. The molecule has 86 valence electrons. The second-order valence-corrected chi connectivity index (χ2v) is 3.67. The maximum absolute atomic E-state index is 8.85. The first-order valence-electron chi connectivity index (χ1n) is 5.12. The van der Waals surface area contributed by atoms with Gasteiger partial charge < -0.3 is 14.8 Å². The minimum Gasteiger partial charge on any atom is -0.462 e. The van der Waals surface area contributed by atoms with Crippen molar-refractivity contribution < 1.29 is 9.52 Å². The number of aliphatic hydroxyl groups is 1. The lowest BCUT2D eigenvalue weighted by Gasteiger charge is -1.99. The van der Waals surface area contributed by atoms with E-state index in [-0.39, 0.29) is 6.61 Å². The molecule has 2 rings (SSSR count). The molecule has 2 aromatic rings. The molecule has 0 aliphatic carbocycles. The van der Waals surface area contributed by atoms with E-state index in [2.05, 4.69) is 10.4 Å². The highest BCUT2D eigenvalue weighted by Crippen LogP contribution is 2.11.